The van der Waals surface area contributed by atoms with Crippen LogP contribution in [0, 0.1) is 6.92 Å². The molecule has 158 valence electrons. The van der Waals surface area contributed by atoms with Gasteiger partial charge in [-0.25, -0.2) is 4.98 Å². The first-order chi connectivity index (χ1) is 14.6. The summed E-state index contributed by atoms with van der Waals surface area (Å²) >= 11 is 1.61. The minimum atomic E-state index is 0.0236. The predicted molar refractivity (Wildman–Crippen MR) is 124 cm³/mol. The number of anilines is 1. The number of amides is 1. The molecule has 0 saturated carbocycles. The molecule has 1 amide bonds. The zero-order valence-electron chi connectivity index (χ0n) is 17.8. The average molecular weight is 424 g/mol. The maximum Gasteiger partial charge on any atom is 0.260 e. The highest BCUT2D eigenvalue weighted by molar-refractivity contribution is 7.22. The van der Waals surface area contributed by atoms with Crippen LogP contribution in [-0.2, 0) is 11.2 Å². The topological polar surface area (TPSA) is 45.7 Å². The number of carbonyl (C=O) groups is 1. The van der Waals surface area contributed by atoms with Crippen LogP contribution in [0.3, 0.4) is 0 Å². The smallest absolute Gasteiger partial charge is 0.260 e. The molecule has 2 aromatic carbocycles. The summed E-state index contributed by atoms with van der Waals surface area (Å²) in [6.07, 6.45) is 1.91. The van der Waals surface area contributed by atoms with Gasteiger partial charge in [-0.1, -0.05) is 42.0 Å². The Bertz CT molecular complexity index is 1010. The third kappa shape index (κ3) is 4.89. The Labute approximate surface area is 182 Å². The van der Waals surface area contributed by atoms with Gasteiger partial charge in [-0.15, -0.1) is 0 Å². The van der Waals surface area contributed by atoms with Crippen molar-refractivity contribution in [3.8, 4) is 0 Å². The van der Waals surface area contributed by atoms with Crippen molar-refractivity contribution in [1.29, 1.82) is 0 Å². The Hall–Kier alpha value is -2.28. The standard InChI is InChI=1S/C24H29N3O2S/c1-3-19-8-9-21-22(17-19)30-24(25-21)27(11-5-10-26-12-14-29-15-13-26)23(28)20-7-4-6-18(2)16-20/h4,6-9,16-17H,3,5,10-15H2,1-2H3. The minimum Gasteiger partial charge on any atom is -0.379 e. The summed E-state index contributed by atoms with van der Waals surface area (Å²) in [7, 11) is 0. The van der Waals surface area contributed by atoms with Crippen molar-refractivity contribution < 1.29 is 9.53 Å². The number of carbonyl (C=O) groups excluding carboxylic acids is 1. The van der Waals surface area contributed by atoms with E-state index in [0.717, 1.165) is 72.2 Å². The number of morpholine rings is 1. The molecule has 5 nitrogen and oxygen atoms in total. The van der Waals surface area contributed by atoms with Crippen LogP contribution in [0.1, 0.15) is 34.8 Å². The predicted octanol–water partition coefficient (Wildman–Crippen LogP) is 4.54. The SMILES string of the molecule is CCc1ccc2nc(N(CCCN3CCOCC3)C(=O)c3cccc(C)c3)sc2c1. The van der Waals surface area contributed by atoms with Crippen LogP contribution < -0.4 is 4.90 Å². The number of aromatic nitrogens is 1. The number of hydrogen-bond donors (Lipinski definition) is 0. The summed E-state index contributed by atoms with van der Waals surface area (Å²) in [6.45, 7) is 9.31. The number of aryl methyl sites for hydroxylation is 2. The van der Waals surface area contributed by atoms with E-state index in [2.05, 4.69) is 30.0 Å². The molecule has 4 rings (SSSR count). The second-order valence-corrected chi connectivity index (χ2v) is 8.80. The summed E-state index contributed by atoms with van der Waals surface area (Å²) in [6, 6.07) is 14.2. The second kappa shape index (κ2) is 9.69. The van der Waals surface area contributed by atoms with Gasteiger partial charge in [-0.2, -0.15) is 0 Å². The first-order valence-electron chi connectivity index (χ1n) is 10.7. The van der Waals surface area contributed by atoms with Crippen LogP contribution in [0.4, 0.5) is 5.13 Å². The molecule has 1 aromatic heterocycles. The lowest BCUT2D eigenvalue weighted by Crippen LogP contribution is -2.39. The molecule has 0 N–H and O–H groups in total. The first-order valence-corrected chi connectivity index (χ1v) is 11.5. The Morgan fingerprint density at radius 1 is 1.20 bits per heavy atom. The van der Waals surface area contributed by atoms with Crippen LogP contribution in [0.15, 0.2) is 42.5 Å². The molecule has 2 heterocycles. The van der Waals surface area contributed by atoms with Crippen LogP contribution >= 0.6 is 11.3 Å². The van der Waals surface area contributed by atoms with Crippen molar-refractivity contribution in [2.75, 3.05) is 44.3 Å². The maximum atomic E-state index is 13.4. The van der Waals surface area contributed by atoms with E-state index in [9.17, 15) is 4.79 Å². The highest BCUT2D eigenvalue weighted by Gasteiger charge is 2.22. The fourth-order valence-electron chi connectivity index (χ4n) is 3.79. The Morgan fingerprint density at radius 2 is 2.03 bits per heavy atom. The number of hydrogen-bond acceptors (Lipinski definition) is 5. The molecule has 1 aliphatic rings. The molecule has 1 aliphatic heterocycles. The molecule has 1 fully saturated rings. The normalized spacial score (nSPS) is 14.9. The molecule has 30 heavy (non-hydrogen) atoms. The van der Waals surface area contributed by atoms with E-state index in [1.165, 1.54) is 5.56 Å². The fraction of sp³-hybridized carbons (Fsp3) is 0.417. The lowest BCUT2D eigenvalue weighted by molar-refractivity contribution is 0.0376. The van der Waals surface area contributed by atoms with Crippen molar-refractivity contribution in [1.82, 2.24) is 9.88 Å². The van der Waals surface area contributed by atoms with E-state index in [1.54, 1.807) is 11.3 Å². The summed E-state index contributed by atoms with van der Waals surface area (Å²) in [5, 5.41) is 0.784. The molecular formula is C24H29N3O2S. The zero-order chi connectivity index (χ0) is 20.9. The van der Waals surface area contributed by atoms with Crippen LogP contribution in [0.25, 0.3) is 10.2 Å². The number of ether oxygens (including phenoxy) is 1. The van der Waals surface area contributed by atoms with Gasteiger partial charge in [-0.05, 0) is 49.6 Å². The fourth-order valence-corrected chi connectivity index (χ4v) is 4.84. The van der Waals surface area contributed by atoms with Crippen LogP contribution in [-0.4, -0.2) is 55.2 Å². The van der Waals surface area contributed by atoms with Gasteiger partial charge in [0.05, 0.1) is 23.4 Å². The Kier molecular flexibility index (Phi) is 6.77. The van der Waals surface area contributed by atoms with Gasteiger partial charge in [0, 0.05) is 31.7 Å². The molecule has 6 heteroatoms. The van der Waals surface area contributed by atoms with Crippen molar-refractivity contribution >= 4 is 32.6 Å². The summed E-state index contributed by atoms with van der Waals surface area (Å²) in [5.74, 6) is 0.0236. The van der Waals surface area contributed by atoms with Gasteiger partial charge in [0.1, 0.15) is 0 Å². The third-order valence-corrected chi connectivity index (χ3v) is 6.59. The Balaban J connectivity index is 1.58. The molecule has 3 aromatic rings. The van der Waals surface area contributed by atoms with E-state index in [1.807, 2.05) is 36.1 Å². The summed E-state index contributed by atoms with van der Waals surface area (Å²) in [4.78, 5) is 22.5. The molecule has 0 atom stereocenters. The molecule has 0 spiro atoms. The van der Waals surface area contributed by atoms with Crippen LogP contribution in [0.5, 0.6) is 0 Å². The molecule has 0 aliphatic carbocycles. The summed E-state index contributed by atoms with van der Waals surface area (Å²) in [5.41, 5.74) is 4.06. The first kappa shape index (κ1) is 21.0. The number of benzene rings is 2. The van der Waals surface area contributed by atoms with E-state index < -0.39 is 0 Å². The Morgan fingerprint density at radius 3 is 2.80 bits per heavy atom. The van der Waals surface area contributed by atoms with Gasteiger partial charge in [0.25, 0.3) is 5.91 Å². The van der Waals surface area contributed by atoms with Crippen molar-refractivity contribution in [3.63, 3.8) is 0 Å². The van der Waals surface area contributed by atoms with Crippen molar-refractivity contribution in [2.24, 2.45) is 0 Å². The van der Waals surface area contributed by atoms with E-state index in [-0.39, 0.29) is 5.91 Å². The number of thiazole rings is 1. The molecule has 0 bridgehead atoms. The minimum absolute atomic E-state index is 0.0236. The monoisotopic (exact) mass is 423 g/mol. The van der Waals surface area contributed by atoms with Crippen LogP contribution in [0.2, 0.25) is 0 Å². The second-order valence-electron chi connectivity index (χ2n) is 7.79. The largest absolute Gasteiger partial charge is 0.379 e. The highest BCUT2D eigenvalue weighted by atomic mass is 32.1. The van der Waals surface area contributed by atoms with E-state index >= 15 is 0 Å². The van der Waals surface area contributed by atoms with Gasteiger partial charge in [0.2, 0.25) is 0 Å². The molecule has 1 saturated heterocycles. The molecule has 0 unspecified atom stereocenters. The third-order valence-electron chi connectivity index (χ3n) is 5.55. The number of fused-ring (bicyclic) bond motifs is 1. The average Bonchev–Trinajstić information content (AvgIpc) is 3.20. The quantitative estimate of drug-likeness (QED) is 0.560. The lowest BCUT2D eigenvalue weighted by Gasteiger charge is -2.27. The van der Waals surface area contributed by atoms with Gasteiger partial charge in [-0.3, -0.25) is 14.6 Å². The van der Waals surface area contributed by atoms with E-state index in [4.69, 9.17) is 9.72 Å². The van der Waals surface area contributed by atoms with Gasteiger partial charge in [0.15, 0.2) is 5.13 Å². The zero-order valence-corrected chi connectivity index (χ0v) is 18.6. The lowest BCUT2D eigenvalue weighted by atomic mass is 10.1. The molecular weight excluding hydrogens is 394 g/mol. The maximum absolute atomic E-state index is 13.4. The van der Waals surface area contributed by atoms with Gasteiger partial charge >= 0.3 is 0 Å². The van der Waals surface area contributed by atoms with Crippen molar-refractivity contribution in [2.45, 2.75) is 26.7 Å². The van der Waals surface area contributed by atoms with E-state index in [0.29, 0.717) is 6.54 Å². The molecule has 0 radical (unpaired) electrons. The van der Waals surface area contributed by atoms with Crippen molar-refractivity contribution in [3.05, 3.63) is 59.2 Å². The number of nitrogens with zero attached hydrogens (tertiary/aromatic N) is 3. The van der Waals surface area contributed by atoms with Gasteiger partial charge < -0.3 is 4.74 Å². The summed E-state index contributed by atoms with van der Waals surface area (Å²) < 4.78 is 6.58. The number of rotatable bonds is 7. The highest BCUT2D eigenvalue weighted by Crippen LogP contribution is 2.31.